The van der Waals surface area contributed by atoms with Crippen molar-refractivity contribution in [3.05, 3.63) is 28.2 Å². The van der Waals surface area contributed by atoms with Crippen molar-refractivity contribution in [1.29, 1.82) is 0 Å². The van der Waals surface area contributed by atoms with Gasteiger partial charge in [0.15, 0.2) is 0 Å². The summed E-state index contributed by atoms with van der Waals surface area (Å²) in [5, 5.41) is 3.64. The number of rotatable bonds is 6. The van der Waals surface area contributed by atoms with Gasteiger partial charge in [0, 0.05) is 28.0 Å². The Morgan fingerprint density at radius 2 is 2.12 bits per heavy atom. The maximum Gasteiger partial charge on any atom is 0.123 e. The van der Waals surface area contributed by atoms with E-state index in [0.29, 0.717) is 6.04 Å². The van der Waals surface area contributed by atoms with E-state index < -0.39 is 0 Å². The zero-order chi connectivity index (χ0) is 12.8. The summed E-state index contributed by atoms with van der Waals surface area (Å²) in [6.07, 6.45) is 0.956. The molecule has 0 aliphatic heterocycles. The summed E-state index contributed by atoms with van der Waals surface area (Å²) < 4.78 is 6.39. The molecule has 0 spiro atoms. The smallest absolute Gasteiger partial charge is 0.123 e. The van der Waals surface area contributed by atoms with E-state index in [1.165, 1.54) is 0 Å². The van der Waals surface area contributed by atoms with E-state index in [4.69, 9.17) is 16.3 Å². The average molecular weight is 321 g/mol. The van der Waals surface area contributed by atoms with Gasteiger partial charge in [-0.1, -0.05) is 15.9 Å². The molecule has 0 bridgehead atoms. The lowest BCUT2D eigenvalue weighted by molar-refractivity contribution is 0.404. The lowest BCUT2D eigenvalue weighted by atomic mass is 10.1. The highest BCUT2D eigenvalue weighted by Gasteiger charge is 2.08. The van der Waals surface area contributed by atoms with Crippen molar-refractivity contribution in [3.8, 4) is 5.75 Å². The van der Waals surface area contributed by atoms with Gasteiger partial charge in [-0.3, -0.25) is 0 Å². The van der Waals surface area contributed by atoms with Crippen LogP contribution >= 0.6 is 27.5 Å². The van der Waals surface area contributed by atoms with E-state index in [1.807, 2.05) is 19.1 Å². The molecule has 1 N–H and O–H groups in total. The van der Waals surface area contributed by atoms with Gasteiger partial charge < -0.3 is 10.1 Å². The van der Waals surface area contributed by atoms with Gasteiger partial charge in [0.05, 0.1) is 7.11 Å². The summed E-state index contributed by atoms with van der Waals surface area (Å²) in [5.74, 6) is 0.909. The minimum absolute atomic E-state index is 0.196. The monoisotopic (exact) mass is 319 g/mol. The molecule has 4 heteroatoms. The topological polar surface area (TPSA) is 21.3 Å². The second-order valence-electron chi connectivity index (χ2n) is 4.25. The zero-order valence-corrected chi connectivity index (χ0v) is 12.8. The van der Waals surface area contributed by atoms with Crippen molar-refractivity contribution in [2.24, 2.45) is 0 Å². The van der Waals surface area contributed by atoms with Crippen LogP contribution in [0.2, 0.25) is 0 Å². The number of ether oxygens (including phenoxy) is 1. The molecule has 0 saturated carbocycles. The highest BCUT2D eigenvalue weighted by Crippen LogP contribution is 2.23. The van der Waals surface area contributed by atoms with Gasteiger partial charge in [-0.15, -0.1) is 11.6 Å². The number of benzene rings is 1. The molecule has 2 nitrogen and oxygen atoms in total. The van der Waals surface area contributed by atoms with Gasteiger partial charge in [0.1, 0.15) is 5.75 Å². The first kappa shape index (κ1) is 14.8. The molecular formula is C13H19BrClNO. The van der Waals surface area contributed by atoms with E-state index in [2.05, 4.69) is 34.2 Å². The number of hydrogen-bond donors (Lipinski definition) is 1. The summed E-state index contributed by atoms with van der Waals surface area (Å²) in [6.45, 7) is 4.94. The second kappa shape index (κ2) is 7.24. The Morgan fingerprint density at radius 3 is 2.71 bits per heavy atom. The molecule has 96 valence electrons. The van der Waals surface area contributed by atoms with E-state index in [-0.39, 0.29) is 5.38 Å². The molecule has 0 saturated heterocycles. The first-order valence-corrected chi connectivity index (χ1v) is 6.95. The normalized spacial score (nSPS) is 14.4. The molecule has 1 aromatic carbocycles. The fraction of sp³-hybridized carbons (Fsp3) is 0.538. The highest BCUT2D eigenvalue weighted by molar-refractivity contribution is 9.10. The molecule has 17 heavy (non-hydrogen) atoms. The van der Waals surface area contributed by atoms with E-state index in [9.17, 15) is 0 Å². The third-order valence-corrected chi connectivity index (χ3v) is 3.23. The average Bonchev–Trinajstić information content (AvgIpc) is 2.25. The maximum absolute atomic E-state index is 5.97. The maximum atomic E-state index is 5.97. The van der Waals surface area contributed by atoms with Crippen molar-refractivity contribution >= 4 is 27.5 Å². The fourth-order valence-electron chi connectivity index (χ4n) is 1.74. The number of halogens is 2. The number of nitrogens with one attached hydrogen (secondary N) is 1. The Balaban J connectivity index is 2.58. The highest BCUT2D eigenvalue weighted by atomic mass is 79.9. The Bertz CT molecular complexity index is 357. The van der Waals surface area contributed by atoms with Crippen LogP contribution in [-0.2, 0) is 6.54 Å². The minimum Gasteiger partial charge on any atom is -0.496 e. The van der Waals surface area contributed by atoms with Crippen LogP contribution in [0.25, 0.3) is 0 Å². The summed E-state index contributed by atoms with van der Waals surface area (Å²) in [5.41, 5.74) is 1.15. The molecule has 2 unspecified atom stereocenters. The Morgan fingerprint density at radius 1 is 1.41 bits per heavy atom. The SMILES string of the molecule is COc1ccc(Br)cc1CNC(C)CC(C)Cl. The molecule has 1 aromatic rings. The summed E-state index contributed by atoms with van der Waals surface area (Å²) in [7, 11) is 1.69. The van der Waals surface area contributed by atoms with Crippen LogP contribution in [0.15, 0.2) is 22.7 Å². The van der Waals surface area contributed by atoms with Gasteiger partial charge >= 0.3 is 0 Å². The van der Waals surface area contributed by atoms with Crippen LogP contribution in [0, 0.1) is 0 Å². The predicted molar refractivity (Wildman–Crippen MR) is 76.9 cm³/mol. The van der Waals surface area contributed by atoms with Gasteiger partial charge in [0.25, 0.3) is 0 Å². The van der Waals surface area contributed by atoms with Gasteiger partial charge in [-0.25, -0.2) is 0 Å². The predicted octanol–water partition coefficient (Wildman–Crippen LogP) is 3.95. The first-order chi connectivity index (χ1) is 8.02. The molecule has 0 radical (unpaired) electrons. The van der Waals surface area contributed by atoms with E-state index in [1.54, 1.807) is 7.11 Å². The number of methoxy groups -OCH3 is 1. The molecule has 0 heterocycles. The number of alkyl halides is 1. The lowest BCUT2D eigenvalue weighted by Crippen LogP contribution is -2.27. The summed E-state index contributed by atoms with van der Waals surface area (Å²) >= 11 is 9.43. The zero-order valence-electron chi connectivity index (χ0n) is 10.5. The standard InChI is InChI=1S/C13H19BrClNO/c1-9(15)6-10(2)16-8-11-7-12(14)4-5-13(11)17-3/h4-5,7,9-10,16H,6,8H2,1-3H3. The van der Waals surface area contributed by atoms with E-state index in [0.717, 1.165) is 28.8 Å². The van der Waals surface area contributed by atoms with Crippen molar-refractivity contribution in [2.45, 2.75) is 38.2 Å². The molecule has 0 aliphatic carbocycles. The van der Waals surface area contributed by atoms with Crippen LogP contribution < -0.4 is 10.1 Å². The number of hydrogen-bond acceptors (Lipinski definition) is 2. The molecule has 0 aromatic heterocycles. The minimum atomic E-state index is 0.196. The van der Waals surface area contributed by atoms with Crippen LogP contribution in [0.5, 0.6) is 5.75 Å². The van der Waals surface area contributed by atoms with Crippen molar-refractivity contribution in [3.63, 3.8) is 0 Å². The van der Waals surface area contributed by atoms with Crippen molar-refractivity contribution in [1.82, 2.24) is 5.32 Å². The fourth-order valence-corrected chi connectivity index (χ4v) is 2.42. The molecule has 0 fully saturated rings. The van der Waals surface area contributed by atoms with Crippen LogP contribution in [-0.4, -0.2) is 18.5 Å². The van der Waals surface area contributed by atoms with Crippen LogP contribution in [0.3, 0.4) is 0 Å². The molecular weight excluding hydrogens is 302 g/mol. The Hall–Kier alpha value is -0.250. The van der Waals surface area contributed by atoms with Gasteiger partial charge in [-0.2, -0.15) is 0 Å². The molecule has 2 atom stereocenters. The van der Waals surface area contributed by atoms with Crippen LogP contribution in [0.1, 0.15) is 25.8 Å². The van der Waals surface area contributed by atoms with Gasteiger partial charge in [-0.05, 0) is 38.5 Å². The Labute approximate surface area is 117 Å². The quantitative estimate of drug-likeness (QED) is 0.801. The first-order valence-electron chi connectivity index (χ1n) is 5.72. The second-order valence-corrected chi connectivity index (χ2v) is 5.92. The van der Waals surface area contributed by atoms with Crippen molar-refractivity contribution < 1.29 is 4.74 Å². The molecule has 0 amide bonds. The summed E-state index contributed by atoms with van der Waals surface area (Å²) in [4.78, 5) is 0. The summed E-state index contributed by atoms with van der Waals surface area (Å²) in [6, 6.07) is 6.41. The molecule has 0 aliphatic rings. The third kappa shape index (κ3) is 5.28. The largest absolute Gasteiger partial charge is 0.496 e. The van der Waals surface area contributed by atoms with Gasteiger partial charge in [0.2, 0.25) is 0 Å². The lowest BCUT2D eigenvalue weighted by Gasteiger charge is -2.16. The van der Waals surface area contributed by atoms with Crippen molar-refractivity contribution in [2.75, 3.05) is 7.11 Å². The van der Waals surface area contributed by atoms with E-state index >= 15 is 0 Å². The molecule has 1 rings (SSSR count). The third-order valence-electron chi connectivity index (χ3n) is 2.56. The van der Waals surface area contributed by atoms with Crippen LogP contribution in [0.4, 0.5) is 0 Å². The Kier molecular flexibility index (Phi) is 6.31.